The number of nitrogens with one attached hydrogen (secondary N) is 4. The maximum absolute atomic E-state index is 13.6. The van der Waals surface area contributed by atoms with Gasteiger partial charge in [0, 0.05) is 32.0 Å². The molecular weight excluding hydrogens is 518 g/mol. The quantitative estimate of drug-likeness (QED) is 0.353. The van der Waals surface area contributed by atoms with E-state index in [-0.39, 0.29) is 5.91 Å². The van der Waals surface area contributed by atoms with Gasteiger partial charge in [0.1, 0.15) is 17.7 Å². The average Bonchev–Trinajstić information content (AvgIpc) is 3.45. The Bertz CT molecular complexity index is 1360. The fourth-order valence-corrected chi connectivity index (χ4v) is 5.92. The van der Waals surface area contributed by atoms with E-state index in [0.29, 0.717) is 22.9 Å². The second kappa shape index (κ2) is 12.0. The second-order valence-electron chi connectivity index (χ2n) is 9.89. The highest BCUT2D eigenvalue weighted by Crippen LogP contribution is 2.31. The van der Waals surface area contributed by atoms with Crippen LogP contribution in [0.1, 0.15) is 36.0 Å². The molecule has 1 atom stereocenters. The van der Waals surface area contributed by atoms with E-state index < -0.39 is 28.5 Å². The lowest BCUT2D eigenvalue weighted by Gasteiger charge is -2.35. The van der Waals surface area contributed by atoms with Crippen molar-refractivity contribution >= 4 is 33.0 Å². The highest BCUT2D eigenvalue weighted by molar-refractivity contribution is 7.92. The lowest BCUT2D eigenvalue weighted by molar-refractivity contribution is 0.0940. The number of aliphatic hydroxyl groups is 1. The number of nitrogens with zero attached hydrogens (tertiary/aromatic N) is 3. The van der Waals surface area contributed by atoms with Crippen molar-refractivity contribution in [3.05, 3.63) is 72.3 Å². The lowest BCUT2D eigenvalue weighted by atomic mass is 9.92. The van der Waals surface area contributed by atoms with Crippen molar-refractivity contribution in [2.75, 3.05) is 41.6 Å². The predicted molar refractivity (Wildman–Crippen MR) is 151 cm³/mol. The van der Waals surface area contributed by atoms with E-state index in [1.165, 1.54) is 0 Å². The standard InChI is InChI=1S/C27H35N7O4S/c35-17-18-39(37,38)32-21-6-7-22-24(19-21)33-15-10-20(11-16-33)5-2-1-3-12-28-26-23(34-14-4-13-29-34)8-9-25(30-26)31-27(22)36/h1-2,4,6-9,13-14,19-20,25,28,30,32,35H,3,5,10-12,15-18H2,(H,31,36)/b2-1+. The number of fused-ring (bicyclic) bond motifs is 7. The lowest BCUT2D eigenvalue weighted by Crippen LogP contribution is -2.48. The number of aromatic nitrogens is 2. The normalized spacial score (nSPS) is 22.8. The van der Waals surface area contributed by atoms with Gasteiger partial charge in [-0.2, -0.15) is 5.10 Å². The maximum Gasteiger partial charge on any atom is 0.255 e. The van der Waals surface area contributed by atoms with Crippen LogP contribution in [0.25, 0.3) is 5.70 Å². The fourth-order valence-electron chi connectivity index (χ4n) is 5.09. The van der Waals surface area contributed by atoms with E-state index in [0.717, 1.165) is 56.8 Å². The van der Waals surface area contributed by atoms with E-state index in [2.05, 4.69) is 42.8 Å². The van der Waals surface area contributed by atoms with Crippen molar-refractivity contribution in [1.82, 2.24) is 25.7 Å². The molecule has 0 aliphatic carbocycles. The molecule has 4 bridgehead atoms. The SMILES string of the molecule is O=C1NC2C=CC(n3cccn3)=C(NCC/C=C/CC3CCN(CC3)c3cc(NS(=O)(=O)CCO)ccc31)N2. The molecule has 12 heteroatoms. The van der Waals surface area contributed by atoms with Crippen molar-refractivity contribution in [2.45, 2.75) is 31.8 Å². The Morgan fingerprint density at radius 2 is 2.00 bits per heavy atom. The van der Waals surface area contributed by atoms with Crippen LogP contribution in [0.2, 0.25) is 0 Å². The van der Waals surface area contributed by atoms with Gasteiger partial charge in [-0.1, -0.05) is 12.2 Å². The minimum absolute atomic E-state index is 0.271. The van der Waals surface area contributed by atoms with Crippen molar-refractivity contribution in [2.24, 2.45) is 5.92 Å². The summed E-state index contributed by atoms with van der Waals surface area (Å²) in [5, 5.41) is 23.3. The van der Waals surface area contributed by atoms with Gasteiger partial charge >= 0.3 is 0 Å². The number of hydrogen-bond acceptors (Lipinski definition) is 8. The molecule has 1 aromatic carbocycles. The van der Waals surface area contributed by atoms with Crippen LogP contribution < -0.4 is 25.6 Å². The molecule has 0 saturated carbocycles. The summed E-state index contributed by atoms with van der Waals surface area (Å²) in [6, 6.07) is 6.81. The van der Waals surface area contributed by atoms with Gasteiger partial charge in [0.2, 0.25) is 10.0 Å². The average molecular weight is 554 g/mol. The van der Waals surface area contributed by atoms with Gasteiger partial charge in [-0.05, 0) is 68.0 Å². The zero-order valence-corrected chi connectivity index (χ0v) is 22.5. The summed E-state index contributed by atoms with van der Waals surface area (Å²) in [5.74, 6) is 0.658. The van der Waals surface area contributed by atoms with Gasteiger partial charge in [0.15, 0.2) is 0 Å². The van der Waals surface area contributed by atoms with Crippen molar-refractivity contribution in [3.8, 4) is 0 Å². The number of dihydropyridines is 1. The molecule has 6 rings (SSSR count). The number of sulfonamides is 1. The first kappa shape index (κ1) is 26.8. The first-order valence-electron chi connectivity index (χ1n) is 13.3. The number of anilines is 2. The summed E-state index contributed by atoms with van der Waals surface area (Å²) in [6.45, 7) is 1.80. The van der Waals surface area contributed by atoms with Crippen LogP contribution >= 0.6 is 0 Å². The Labute approximate surface area is 228 Å². The number of carbonyl (C=O) groups is 1. The molecular formula is C27H35N7O4S. The van der Waals surface area contributed by atoms with Crippen LogP contribution in [0.5, 0.6) is 0 Å². The number of piperidine rings is 1. The number of rotatable bonds is 5. The number of aliphatic hydroxyl groups excluding tert-OH is 1. The van der Waals surface area contributed by atoms with E-state index in [1.54, 1.807) is 29.1 Å². The second-order valence-corrected chi connectivity index (χ2v) is 11.7. The van der Waals surface area contributed by atoms with Crippen LogP contribution in [0.4, 0.5) is 11.4 Å². The molecule has 1 unspecified atom stereocenters. The Morgan fingerprint density at radius 3 is 2.77 bits per heavy atom. The monoisotopic (exact) mass is 553 g/mol. The minimum atomic E-state index is -3.70. The first-order chi connectivity index (χ1) is 18.9. The third-order valence-corrected chi connectivity index (χ3v) is 8.39. The third-order valence-electron chi connectivity index (χ3n) is 7.12. The number of amides is 1. The van der Waals surface area contributed by atoms with E-state index in [9.17, 15) is 13.2 Å². The number of benzene rings is 1. The Hall–Kier alpha value is -3.77. The molecule has 1 fully saturated rings. The molecule has 39 heavy (non-hydrogen) atoms. The number of hydrogen-bond donors (Lipinski definition) is 5. The summed E-state index contributed by atoms with van der Waals surface area (Å²) in [6.07, 6.45) is 15.2. The molecule has 5 N–H and O–H groups in total. The molecule has 5 heterocycles. The molecule has 4 aliphatic rings. The van der Waals surface area contributed by atoms with Crippen molar-refractivity contribution < 1.29 is 18.3 Å². The maximum atomic E-state index is 13.6. The highest BCUT2D eigenvalue weighted by Gasteiger charge is 2.26. The molecule has 0 radical (unpaired) electrons. The van der Waals surface area contributed by atoms with Gasteiger partial charge in [-0.15, -0.1) is 0 Å². The van der Waals surface area contributed by atoms with Crippen LogP contribution in [-0.4, -0.2) is 67.4 Å². The van der Waals surface area contributed by atoms with Crippen LogP contribution in [0.15, 0.2) is 66.8 Å². The molecule has 1 aromatic heterocycles. The fraction of sp³-hybridized carbons (Fsp3) is 0.407. The van der Waals surface area contributed by atoms with Crippen LogP contribution in [0.3, 0.4) is 0 Å². The molecule has 1 saturated heterocycles. The van der Waals surface area contributed by atoms with Gasteiger partial charge in [-0.3, -0.25) is 9.52 Å². The smallest absolute Gasteiger partial charge is 0.255 e. The summed E-state index contributed by atoms with van der Waals surface area (Å²) < 4.78 is 28.9. The van der Waals surface area contributed by atoms with Crippen molar-refractivity contribution in [3.63, 3.8) is 0 Å². The Morgan fingerprint density at radius 1 is 1.15 bits per heavy atom. The molecule has 208 valence electrons. The predicted octanol–water partition coefficient (Wildman–Crippen LogP) is 1.81. The highest BCUT2D eigenvalue weighted by atomic mass is 32.2. The van der Waals surface area contributed by atoms with E-state index in [4.69, 9.17) is 5.11 Å². The summed E-state index contributed by atoms with van der Waals surface area (Å²) in [7, 11) is -3.70. The largest absolute Gasteiger partial charge is 0.395 e. The van der Waals surface area contributed by atoms with E-state index in [1.807, 2.05) is 24.4 Å². The molecule has 0 spiro atoms. The number of allylic oxidation sites excluding steroid dienone is 3. The van der Waals surface area contributed by atoms with Gasteiger partial charge < -0.3 is 26.0 Å². The summed E-state index contributed by atoms with van der Waals surface area (Å²) in [5.41, 5.74) is 2.35. The zero-order valence-electron chi connectivity index (χ0n) is 21.7. The molecule has 4 aliphatic heterocycles. The van der Waals surface area contributed by atoms with Crippen LogP contribution in [-0.2, 0) is 10.0 Å². The summed E-state index contributed by atoms with van der Waals surface area (Å²) in [4.78, 5) is 15.7. The zero-order chi connectivity index (χ0) is 27.2. The Kier molecular flexibility index (Phi) is 8.22. The summed E-state index contributed by atoms with van der Waals surface area (Å²) >= 11 is 0. The van der Waals surface area contributed by atoms with Gasteiger partial charge in [0.05, 0.1) is 29.3 Å². The molecule has 11 nitrogen and oxygen atoms in total. The van der Waals surface area contributed by atoms with Crippen molar-refractivity contribution in [1.29, 1.82) is 0 Å². The van der Waals surface area contributed by atoms with E-state index >= 15 is 0 Å². The van der Waals surface area contributed by atoms with Crippen LogP contribution in [0, 0.1) is 5.92 Å². The molecule has 1 amide bonds. The number of carbonyl (C=O) groups excluding carboxylic acids is 1. The van der Waals surface area contributed by atoms with Gasteiger partial charge in [0.25, 0.3) is 5.91 Å². The Balaban J connectivity index is 1.45. The minimum Gasteiger partial charge on any atom is -0.395 e. The third kappa shape index (κ3) is 6.63. The van der Waals surface area contributed by atoms with Gasteiger partial charge in [-0.25, -0.2) is 13.1 Å². The topological polar surface area (TPSA) is 141 Å². The first-order valence-corrected chi connectivity index (χ1v) is 15.0. The molecule has 2 aromatic rings.